The Morgan fingerprint density at radius 1 is 1.50 bits per heavy atom. The Balaban J connectivity index is 1.63. The van der Waals surface area contributed by atoms with Gasteiger partial charge in [0, 0.05) is 19.1 Å². The van der Waals surface area contributed by atoms with Gasteiger partial charge in [0.15, 0.2) is 0 Å². The van der Waals surface area contributed by atoms with Crippen molar-refractivity contribution in [3.05, 3.63) is 12.7 Å². The summed E-state index contributed by atoms with van der Waals surface area (Å²) in [6, 6.07) is 0.563. The predicted molar refractivity (Wildman–Crippen MR) is 64.1 cm³/mol. The standard InChI is InChI=1S/C12H22N4/c1-3-12(5-6-12)8-14-11(2)4-7-16-10-13-9-15-16/h9-11,14H,3-8H2,1-2H3. The van der Waals surface area contributed by atoms with Crippen molar-refractivity contribution in [1.82, 2.24) is 20.1 Å². The van der Waals surface area contributed by atoms with E-state index in [0.29, 0.717) is 11.5 Å². The first-order valence-corrected chi connectivity index (χ1v) is 6.30. The maximum atomic E-state index is 4.10. The highest BCUT2D eigenvalue weighted by molar-refractivity contribution is 4.93. The van der Waals surface area contributed by atoms with Crippen LogP contribution in [0.2, 0.25) is 0 Å². The highest BCUT2D eigenvalue weighted by Gasteiger charge is 2.40. The van der Waals surface area contributed by atoms with E-state index in [4.69, 9.17) is 0 Å². The van der Waals surface area contributed by atoms with Gasteiger partial charge in [-0.15, -0.1) is 0 Å². The van der Waals surface area contributed by atoms with Gasteiger partial charge in [0.2, 0.25) is 0 Å². The summed E-state index contributed by atoms with van der Waals surface area (Å²) in [7, 11) is 0. The maximum Gasteiger partial charge on any atom is 0.137 e. The molecule has 0 aliphatic heterocycles. The molecule has 1 aliphatic carbocycles. The molecule has 0 radical (unpaired) electrons. The Kier molecular flexibility index (Phi) is 3.59. The molecular weight excluding hydrogens is 200 g/mol. The minimum Gasteiger partial charge on any atom is -0.314 e. The van der Waals surface area contributed by atoms with Crippen LogP contribution in [0.15, 0.2) is 12.7 Å². The molecule has 1 unspecified atom stereocenters. The summed E-state index contributed by atoms with van der Waals surface area (Å²) in [5.41, 5.74) is 0.640. The first-order valence-electron chi connectivity index (χ1n) is 6.30. The SMILES string of the molecule is CCC1(CNC(C)CCn2cncn2)CC1. The number of hydrogen-bond acceptors (Lipinski definition) is 3. The molecule has 1 atom stereocenters. The van der Waals surface area contributed by atoms with Gasteiger partial charge in [0.05, 0.1) is 0 Å². The molecule has 1 aromatic rings. The van der Waals surface area contributed by atoms with Crippen molar-refractivity contribution < 1.29 is 0 Å². The van der Waals surface area contributed by atoms with E-state index < -0.39 is 0 Å². The minimum atomic E-state index is 0.563. The molecule has 4 heteroatoms. The van der Waals surface area contributed by atoms with Crippen LogP contribution in [0, 0.1) is 5.41 Å². The molecule has 0 amide bonds. The highest BCUT2D eigenvalue weighted by atomic mass is 15.3. The zero-order valence-corrected chi connectivity index (χ0v) is 10.3. The molecule has 1 saturated carbocycles. The van der Waals surface area contributed by atoms with E-state index in [2.05, 4.69) is 29.2 Å². The molecule has 1 aromatic heterocycles. The van der Waals surface area contributed by atoms with E-state index in [1.165, 1.54) is 25.8 Å². The van der Waals surface area contributed by atoms with Crippen LogP contribution in [-0.4, -0.2) is 27.4 Å². The first-order chi connectivity index (χ1) is 7.74. The average Bonchev–Trinajstić information content (AvgIpc) is 2.90. The topological polar surface area (TPSA) is 42.7 Å². The second kappa shape index (κ2) is 4.95. The number of hydrogen-bond donors (Lipinski definition) is 1. The van der Waals surface area contributed by atoms with Gasteiger partial charge >= 0.3 is 0 Å². The lowest BCUT2D eigenvalue weighted by Crippen LogP contribution is -2.32. The third-order valence-electron chi connectivity index (χ3n) is 3.79. The Bertz CT molecular complexity index is 303. The van der Waals surface area contributed by atoms with Crippen molar-refractivity contribution >= 4 is 0 Å². The second-order valence-corrected chi connectivity index (χ2v) is 5.08. The molecule has 0 bridgehead atoms. The van der Waals surface area contributed by atoms with Crippen molar-refractivity contribution in [1.29, 1.82) is 0 Å². The zero-order chi connectivity index (χ0) is 11.4. The van der Waals surface area contributed by atoms with E-state index in [1.807, 2.05) is 4.68 Å². The van der Waals surface area contributed by atoms with Gasteiger partial charge in [-0.3, -0.25) is 4.68 Å². The number of aryl methyl sites for hydroxylation is 1. The summed E-state index contributed by atoms with van der Waals surface area (Å²) in [6.45, 7) is 6.69. The van der Waals surface area contributed by atoms with Crippen LogP contribution < -0.4 is 5.32 Å². The summed E-state index contributed by atoms with van der Waals surface area (Å²) in [5, 5.41) is 7.74. The van der Waals surface area contributed by atoms with Crippen LogP contribution >= 0.6 is 0 Å². The summed E-state index contributed by atoms with van der Waals surface area (Å²) in [6.07, 6.45) is 8.62. The monoisotopic (exact) mass is 222 g/mol. The third-order valence-corrected chi connectivity index (χ3v) is 3.79. The quantitative estimate of drug-likeness (QED) is 0.765. The van der Waals surface area contributed by atoms with E-state index >= 15 is 0 Å². The summed E-state index contributed by atoms with van der Waals surface area (Å²) >= 11 is 0. The zero-order valence-electron chi connectivity index (χ0n) is 10.3. The van der Waals surface area contributed by atoms with Crippen LogP contribution in [0.5, 0.6) is 0 Å². The fourth-order valence-corrected chi connectivity index (χ4v) is 2.00. The normalized spacial score (nSPS) is 19.6. The van der Waals surface area contributed by atoms with Crippen LogP contribution in [0.25, 0.3) is 0 Å². The van der Waals surface area contributed by atoms with Gasteiger partial charge < -0.3 is 5.32 Å². The van der Waals surface area contributed by atoms with Crippen LogP contribution in [0.3, 0.4) is 0 Å². The molecule has 4 nitrogen and oxygen atoms in total. The van der Waals surface area contributed by atoms with E-state index in [9.17, 15) is 0 Å². The van der Waals surface area contributed by atoms with E-state index in [-0.39, 0.29) is 0 Å². The largest absolute Gasteiger partial charge is 0.314 e. The fraction of sp³-hybridized carbons (Fsp3) is 0.833. The molecule has 1 N–H and O–H groups in total. The minimum absolute atomic E-state index is 0.563. The Morgan fingerprint density at radius 3 is 2.88 bits per heavy atom. The van der Waals surface area contributed by atoms with Crippen LogP contribution in [0.4, 0.5) is 0 Å². The molecule has 0 aromatic carbocycles. The van der Waals surface area contributed by atoms with E-state index in [1.54, 1.807) is 12.7 Å². The molecule has 0 saturated heterocycles. The molecule has 1 fully saturated rings. The molecule has 0 spiro atoms. The maximum absolute atomic E-state index is 4.10. The number of nitrogens with zero attached hydrogens (tertiary/aromatic N) is 3. The van der Waals surface area contributed by atoms with Gasteiger partial charge in [-0.2, -0.15) is 5.10 Å². The Hall–Kier alpha value is -0.900. The van der Waals surface area contributed by atoms with Crippen molar-refractivity contribution in [3.8, 4) is 0 Å². The van der Waals surface area contributed by atoms with Crippen molar-refractivity contribution in [3.63, 3.8) is 0 Å². The number of aromatic nitrogens is 3. The van der Waals surface area contributed by atoms with E-state index in [0.717, 1.165) is 13.0 Å². The smallest absolute Gasteiger partial charge is 0.137 e. The average molecular weight is 222 g/mol. The summed E-state index contributed by atoms with van der Waals surface area (Å²) in [4.78, 5) is 3.94. The molecule has 1 aliphatic rings. The molecule has 1 heterocycles. The van der Waals surface area contributed by atoms with Gasteiger partial charge in [0.25, 0.3) is 0 Å². The molecule has 2 rings (SSSR count). The summed E-state index contributed by atoms with van der Waals surface area (Å²) < 4.78 is 1.89. The molecular formula is C12H22N4. The lowest BCUT2D eigenvalue weighted by atomic mass is 10.0. The third kappa shape index (κ3) is 3.04. The van der Waals surface area contributed by atoms with Gasteiger partial charge in [-0.05, 0) is 38.0 Å². The van der Waals surface area contributed by atoms with Crippen molar-refractivity contribution in [2.45, 2.75) is 52.1 Å². The fourth-order valence-electron chi connectivity index (χ4n) is 2.00. The Morgan fingerprint density at radius 2 is 2.31 bits per heavy atom. The molecule has 90 valence electrons. The van der Waals surface area contributed by atoms with Gasteiger partial charge in [-0.1, -0.05) is 6.92 Å². The predicted octanol–water partition coefficient (Wildman–Crippen LogP) is 1.84. The van der Waals surface area contributed by atoms with Crippen molar-refractivity contribution in [2.75, 3.05) is 6.54 Å². The first kappa shape index (κ1) is 11.6. The summed E-state index contributed by atoms with van der Waals surface area (Å²) in [5.74, 6) is 0. The van der Waals surface area contributed by atoms with Gasteiger partial charge in [-0.25, -0.2) is 4.98 Å². The second-order valence-electron chi connectivity index (χ2n) is 5.08. The highest BCUT2D eigenvalue weighted by Crippen LogP contribution is 2.47. The number of nitrogens with one attached hydrogen (secondary N) is 1. The van der Waals surface area contributed by atoms with Crippen LogP contribution in [-0.2, 0) is 6.54 Å². The Labute approximate surface area is 97.5 Å². The lowest BCUT2D eigenvalue weighted by molar-refractivity contribution is 0.385. The van der Waals surface area contributed by atoms with Crippen LogP contribution in [0.1, 0.15) is 39.5 Å². The molecule has 16 heavy (non-hydrogen) atoms. The number of rotatable bonds is 7. The van der Waals surface area contributed by atoms with Gasteiger partial charge in [0.1, 0.15) is 12.7 Å². The lowest BCUT2D eigenvalue weighted by Gasteiger charge is -2.18. The van der Waals surface area contributed by atoms with Crippen molar-refractivity contribution in [2.24, 2.45) is 5.41 Å².